The topological polar surface area (TPSA) is 33.2 Å². The van der Waals surface area contributed by atoms with E-state index in [0.29, 0.717) is 0 Å². The second-order valence-corrected chi connectivity index (χ2v) is 6.59. The number of halogens is 1. The number of hydrogen-bond donors (Lipinski definition) is 0. The fourth-order valence-electron chi connectivity index (χ4n) is 4.12. The summed E-state index contributed by atoms with van der Waals surface area (Å²) >= 11 is 0. The van der Waals surface area contributed by atoms with E-state index < -0.39 is 5.82 Å². The summed E-state index contributed by atoms with van der Waals surface area (Å²) in [7, 11) is 0. The molecule has 2 aromatic rings. The predicted molar refractivity (Wildman–Crippen MR) is 86.8 cm³/mol. The molecule has 0 bridgehead atoms. The van der Waals surface area contributed by atoms with Crippen molar-refractivity contribution in [1.29, 1.82) is 0 Å². The van der Waals surface area contributed by atoms with Crippen LogP contribution in [-0.4, -0.2) is 17.4 Å². The molecule has 4 heteroatoms. The van der Waals surface area contributed by atoms with E-state index in [1.54, 1.807) is 6.07 Å². The highest BCUT2D eigenvalue weighted by molar-refractivity contribution is 5.97. The highest BCUT2D eigenvalue weighted by Gasteiger charge is 2.45. The van der Waals surface area contributed by atoms with Crippen molar-refractivity contribution in [1.82, 2.24) is 4.98 Å². The Labute approximate surface area is 135 Å². The standard InChI is InChI=1S/C19H19FN2O/c20-15-7-5-11-21-16(15)12-18(23)22-13-19(9-3-4-10-19)14-6-1-2-8-17(14)22/h1-2,5-8,11H,3-4,9-10,12-13H2. The summed E-state index contributed by atoms with van der Waals surface area (Å²) in [6.07, 6.45) is 6.23. The average molecular weight is 310 g/mol. The lowest BCUT2D eigenvalue weighted by molar-refractivity contribution is -0.118. The van der Waals surface area contributed by atoms with Crippen molar-refractivity contribution in [3.63, 3.8) is 0 Å². The van der Waals surface area contributed by atoms with Gasteiger partial charge >= 0.3 is 0 Å². The molecule has 1 aliphatic carbocycles. The van der Waals surface area contributed by atoms with Gasteiger partial charge in [-0.15, -0.1) is 0 Å². The van der Waals surface area contributed by atoms with Crippen LogP contribution in [-0.2, 0) is 16.6 Å². The van der Waals surface area contributed by atoms with Crippen LogP contribution >= 0.6 is 0 Å². The molecule has 2 aliphatic rings. The summed E-state index contributed by atoms with van der Waals surface area (Å²) in [5, 5.41) is 0. The van der Waals surface area contributed by atoms with Gasteiger partial charge in [0, 0.05) is 23.8 Å². The summed E-state index contributed by atoms with van der Waals surface area (Å²) in [4.78, 5) is 18.6. The largest absolute Gasteiger partial charge is 0.311 e. The Hall–Kier alpha value is -2.23. The number of fused-ring (bicyclic) bond motifs is 2. The number of benzene rings is 1. The first kappa shape index (κ1) is 14.4. The number of amides is 1. The third-order valence-corrected chi connectivity index (χ3v) is 5.24. The van der Waals surface area contributed by atoms with Gasteiger partial charge in [0.05, 0.1) is 12.1 Å². The van der Waals surface area contributed by atoms with Crippen molar-refractivity contribution in [3.8, 4) is 0 Å². The maximum absolute atomic E-state index is 13.8. The van der Waals surface area contributed by atoms with Gasteiger partial charge in [0.2, 0.25) is 5.91 Å². The van der Waals surface area contributed by atoms with Gasteiger partial charge in [-0.1, -0.05) is 31.0 Å². The van der Waals surface area contributed by atoms with E-state index in [1.165, 1.54) is 30.7 Å². The fourth-order valence-corrected chi connectivity index (χ4v) is 4.12. The van der Waals surface area contributed by atoms with E-state index in [1.807, 2.05) is 23.1 Å². The lowest BCUT2D eigenvalue weighted by Gasteiger charge is -2.24. The number of para-hydroxylation sites is 1. The number of hydrogen-bond acceptors (Lipinski definition) is 2. The molecule has 1 aliphatic heterocycles. The molecule has 1 fully saturated rings. The summed E-state index contributed by atoms with van der Waals surface area (Å²) in [6, 6.07) is 11.1. The fraction of sp³-hybridized carbons (Fsp3) is 0.368. The van der Waals surface area contributed by atoms with Crippen LogP contribution in [0.2, 0.25) is 0 Å². The Morgan fingerprint density at radius 3 is 2.74 bits per heavy atom. The van der Waals surface area contributed by atoms with Gasteiger partial charge < -0.3 is 4.90 Å². The molecule has 1 aromatic carbocycles. The summed E-state index contributed by atoms with van der Waals surface area (Å²) in [5.41, 5.74) is 2.61. The zero-order valence-corrected chi connectivity index (χ0v) is 13.0. The Morgan fingerprint density at radius 2 is 1.96 bits per heavy atom. The van der Waals surface area contributed by atoms with Gasteiger partial charge in [0.15, 0.2) is 0 Å². The van der Waals surface area contributed by atoms with Gasteiger partial charge in [-0.05, 0) is 36.6 Å². The molecule has 0 radical (unpaired) electrons. The number of carbonyl (C=O) groups excluding carboxylic acids is 1. The lowest BCUT2D eigenvalue weighted by Crippen LogP contribution is -2.36. The van der Waals surface area contributed by atoms with Crippen molar-refractivity contribution in [2.45, 2.75) is 37.5 Å². The van der Waals surface area contributed by atoms with Crippen molar-refractivity contribution < 1.29 is 9.18 Å². The Bertz CT molecular complexity index is 753. The molecular weight excluding hydrogens is 291 g/mol. The third kappa shape index (κ3) is 2.33. The molecule has 1 aromatic heterocycles. The van der Waals surface area contributed by atoms with Crippen molar-refractivity contribution in [2.24, 2.45) is 0 Å². The number of carbonyl (C=O) groups is 1. The Balaban J connectivity index is 1.65. The van der Waals surface area contributed by atoms with Gasteiger partial charge in [0.1, 0.15) is 5.82 Å². The molecule has 1 amide bonds. The SMILES string of the molecule is O=C(Cc1ncccc1F)N1CC2(CCCC2)c2ccccc21. The smallest absolute Gasteiger partial charge is 0.233 e. The molecule has 1 saturated carbocycles. The van der Waals surface area contributed by atoms with E-state index in [2.05, 4.69) is 11.1 Å². The molecule has 0 saturated heterocycles. The van der Waals surface area contributed by atoms with E-state index in [0.717, 1.165) is 25.1 Å². The normalized spacial score (nSPS) is 18.4. The molecule has 0 atom stereocenters. The number of nitrogens with zero attached hydrogens (tertiary/aromatic N) is 2. The van der Waals surface area contributed by atoms with Crippen LogP contribution in [0.3, 0.4) is 0 Å². The molecule has 3 nitrogen and oxygen atoms in total. The minimum Gasteiger partial charge on any atom is -0.311 e. The highest BCUT2D eigenvalue weighted by Crippen LogP contribution is 2.50. The molecule has 0 N–H and O–H groups in total. The minimum absolute atomic E-state index is 0.0110. The van der Waals surface area contributed by atoms with Gasteiger partial charge in [-0.3, -0.25) is 9.78 Å². The van der Waals surface area contributed by atoms with Crippen LogP contribution in [0.15, 0.2) is 42.6 Å². The van der Waals surface area contributed by atoms with E-state index >= 15 is 0 Å². The van der Waals surface area contributed by atoms with E-state index in [9.17, 15) is 9.18 Å². The maximum Gasteiger partial charge on any atom is 0.233 e. The van der Waals surface area contributed by atoms with Gasteiger partial charge in [0.25, 0.3) is 0 Å². The molecule has 2 heterocycles. The quantitative estimate of drug-likeness (QED) is 0.849. The number of aromatic nitrogens is 1. The second-order valence-electron chi connectivity index (χ2n) is 6.59. The Morgan fingerprint density at radius 1 is 1.17 bits per heavy atom. The highest BCUT2D eigenvalue weighted by atomic mass is 19.1. The minimum atomic E-state index is -0.413. The third-order valence-electron chi connectivity index (χ3n) is 5.24. The number of pyridine rings is 1. The van der Waals surface area contributed by atoms with Crippen LogP contribution in [0.25, 0.3) is 0 Å². The zero-order valence-electron chi connectivity index (χ0n) is 13.0. The molecule has 0 unspecified atom stereocenters. The van der Waals surface area contributed by atoms with E-state index in [4.69, 9.17) is 0 Å². The van der Waals surface area contributed by atoms with Crippen molar-refractivity contribution >= 4 is 11.6 Å². The molecule has 118 valence electrons. The second kappa shape index (κ2) is 5.44. The zero-order chi connectivity index (χ0) is 15.9. The first-order valence-electron chi connectivity index (χ1n) is 8.19. The van der Waals surface area contributed by atoms with Crippen LogP contribution < -0.4 is 4.90 Å². The summed E-state index contributed by atoms with van der Waals surface area (Å²) in [5.74, 6) is -0.484. The average Bonchev–Trinajstić information content (AvgIpc) is 3.17. The van der Waals surface area contributed by atoms with E-state index in [-0.39, 0.29) is 23.4 Å². The monoisotopic (exact) mass is 310 g/mol. The Kier molecular flexibility index (Phi) is 3.40. The number of anilines is 1. The molecule has 23 heavy (non-hydrogen) atoms. The number of rotatable bonds is 2. The molecule has 1 spiro atoms. The summed E-state index contributed by atoms with van der Waals surface area (Å²) in [6.45, 7) is 0.722. The van der Waals surface area contributed by atoms with Gasteiger partial charge in [-0.25, -0.2) is 4.39 Å². The first-order valence-corrected chi connectivity index (χ1v) is 8.19. The van der Waals surface area contributed by atoms with Gasteiger partial charge in [-0.2, -0.15) is 0 Å². The van der Waals surface area contributed by atoms with Crippen LogP contribution in [0.1, 0.15) is 36.9 Å². The van der Waals surface area contributed by atoms with Crippen molar-refractivity contribution in [2.75, 3.05) is 11.4 Å². The molecular formula is C19H19FN2O. The first-order chi connectivity index (χ1) is 11.2. The molecule has 4 rings (SSSR count). The lowest BCUT2D eigenvalue weighted by atomic mass is 9.81. The van der Waals surface area contributed by atoms with Crippen LogP contribution in [0.5, 0.6) is 0 Å². The maximum atomic E-state index is 13.8. The van der Waals surface area contributed by atoms with Crippen molar-refractivity contribution in [3.05, 3.63) is 59.7 Å². The van der Waals surface area contributed by atoms with Crippen LogP contribution in [0, 0.1) is 5.82 Å². The van der Waals surface area contributed by atoms with Crippen LogP contribution in [0.4, 0.5) is 10.1 Å². The summed E-state index contributed by atoms with van der Waals surface area (Å²) < 4.78 is 13.8. The predicted octanol–water partition coefficient (Wildman–Crippen LogP) is 3.62.